The predicted molar refractivity (Wildman–Crippen MR) is 146 cm³/mol. The maximum absolute atomic E-state index is 12.8. The van der Waals surface area contributed by atoms with Crippen molar-refractivity contribution < 1.29 is 9.53 Å². The van der Waals surface area contributed by atoms with Crippen molar-refractivity contribution in [2.45, 2.75) is 25.8 Å². The number of aryl methyl sites for hydroxylation is 2. The van der Waals surface area contributed by atoms with Crippen LogP contribution in [0.1, 0.15) is 23.6 Å². The number of hydrogen-bond donors (Lipinski definition) is 1. The zero-order valence-electron chi connectivity index (χ0n) is 20.5. The van der Waals surface area contributed by atoms with Crippen LogP contribution >= 0.6 is 11.8 Å². The highest BCUT2D eigenvalue weighted by Gasteiger charge is 2.17. The lowest BCUT2D eigenvalue weighted by atomic mass is 9.99. The van der Waals surface area contributed by atoms with E-state index in [4.69, 9.17) is 9.72 Å². The molecule has 4 aromatic rings. The van der Waals surface area contributed by atoms with Gasteiger partial charge in [-0.1, -0.05) is 54.2 Å². The first kappa shape index (κ1) is 25.0. The Morgan fingerprint density at radius 2 is 1.75 bits per heavy atom. The largest absolute Gasteiger partial charge is 0.494 e. The first-order valence-electron chi connectivity index (χ1n) is 11.7. The van der Waals surface area contributed by atoms with Gasteiger partial charge in [-0.3, -0.25) is 4.79 Å². The number of rotatable bonds is 8. The predicted octanol–water partition coefficient (Wildman–Crippen LogP) is 7.03. The summed E-state index contributed by atoms with van der Waals surface area (Å²) in [5.41, 5.74) is 6.67. The van der Waals surface area contributed by atoms with Crippen molar-refractivity contribution in [2.24, 2.45) is 0 Å². The third-order valence-corrected chi connectivity index (χ3v) is 6.63. The second kappa shape index (κ2) is 11.6. The van der Waals surface area contributed by atoms with Crippen molar-refractivity contribution >= 4 is 23.4 Å². The number of hydrogen-bond acceptors (Lipinski definition) is 5. The van der Waals surface area contributed by atoms with E-state index in [-0.39, 0.29) is 11.7 Å². The molecule has 4 rings (SSSR count). The van der Waals surface area contributed by atoms with E-state index < -0.39 is 0 Å². The highest BCUT2D eigenvalue weighted by Crippen LogP contribution is 2.34. The lowest BCUT2D eigenvalue weighted by molar-refractivity contribution is -0.113. The number of pyridine rings is 1. The van der Waals surface area contributed by atoms with Crippen molar-refractivity contribution in [1.82, 2.24) is 4.98 Å². The first-order valence-corrected chi connectivity index (χ1v) is 12.7. The van der Waals surface area contributed by atoms with Crippen molar-refractivity contribution in [3.05, 3.63) is 95.6 Å². The van der Waals surface area contributed by atoms with Crippen molar-refractivity contribution in [3.8, 4) is 34.2 Å². The number of anilines is 1. The summed E-state index contributed by atoms with van der Waals surface area (Å²) in [7, 11) is 0. The second-order valence-electron chi connectivity index (χ2n) is 8.33. The van der Waals surface area contributed by atoms with Gasteiger partial charge in [-0.25, -0.2) is 4.98 Å². The minimum atomic E-state index is -0.146. The SMILES string of the molecule is CCOc1ccc(-c2cc(-c3ccccc3)c(C#N)c(SCC(=O)Nc3cc(C)ccc3C)n2)cc1. The normalized spacial score (nSPS) is 10.5. The van der Waals surface area contributed by atoms with Crippen molar-refractivity contribution in [2.75, 3.05) is 17.7 Å². The summed E-state index contributed by atoms with van der Waals surface area (Å²) in [6, 6.07) is 27.7. The van der Waals surface area contributed by atoms with Crippen LogP contribution in [0.5, 0.6) is 5.75 Å². The minimum absolute atomic E-state index is 0.135. The molecule has 1 N–H and O–H groups in total. The number of nitrogens with zero attached hydrogens (tertiary/aromatic N) is 2. The number of aromatic nitrogens is 1. The van der Waals surface area contributed by atoms with Gasteiger partial charge >= 0.3 is 0 Å². The number of thioether (sulfide) groups is 1. The van der Waals surface area contributed by atoms with Gasteiger partial charge in [0.15, 0.2) is 0 Å². The topological polar surface area (TPSA) is 75.0 Å². The molecule has 0 atom stereocenters. The molecule has 1 aromatic heterocycles. The van der Waals surface area contributed by atoms with Gasteiger partial charge in [-0.15, -0.1) is 0 Å². The van der Waals surface area contributed by atoms with Crippen LogP contribution in [0.4, 0.5) is 5.69 Å². The molecule has 1 amide bonds. The van der Waals surface area contributed by atoms with Crippen LogP contribution in [0.25, 0.3) is 22.4 Å². The molecule has 1 heterocycles. The van der Waals surface area contributed by atoms with E-state index in [9.17, 15) is 10.1 Å². The number of carbonyl (C=O) groups excluding carboxylic acids is 1. The highest BCUT2D eigenvalue weighted by molar-refractivity contribution is 8.00. The molecule has 0 bridgehead atoms. The summed E-state index contributed by atoms with van der Waals surface area (Å²) in [5, 5.41) is 13.6. The number of amides is 1. The van der Waals surface area contributed by atoms with Crippen LogP contribution in [0.15, 0.2) is 83.9 Å². The quantitative estimate of drug-likeness (QED) is 0.267. The molecule has 6 heteroatoms. The molecule has 3 aromatic carbocycles. The number of nitriles is 1. The van der Waals surface area contributed by atoms with Crippen LogP contribution in [-0.2, 0) is 4.79 Å². The van der Waals surface area contributed by atoms with E-state index >= 15 is 0 Å². The first-order chi connectivity index (χ1) is 17.5. The average molecular weight is 494 g/mol. The summed E-state index contributed by atoms with van der Waals surface area (Å²) >= 11 is 1.27. The lowest BCUT2D eigenvalue weighted by Crippen LogP contribution is -2.15. The van der Waals surface area contributed by atoms with E-state index in [0.29, 0.717) is 17.2 Å². The summed E-state index contributed by atoms with van der Waals surface area (Å²) in [4.78, 5) is 17.6. The molecule has 0 spiro atoms. The fourth-order valence-electron chi connectivity index (χ4n) is 3.81. The van der Waals surface area contributed by atoms with Gasteiger partial charge in [0, 0.05) is 16.8 Å². The van der Waals surface area contributed by atoms with Gasteiger partial charge in [0.2, 0.25) is 5.91 Å². The molecule has 0 aliphatic rings. The van der Waals surface area contributed by atoms with Crippen LogP contribution in [0, 0.1) is 25.2 Å². The summed E-state index contributed by atoms with van der Waals surface area (Å²) in [6.45, 7) is 6.49. The fourth-order valence-corrected chi connectivity index (χ4v) is 4.61. The van der Waals surface area contributed by atoms with Crippen LogP contribution in [0.2, 0.25) is 0 Å². The Hall–Kier alpha value is -4.08. The number of ether oxygens (including phenoxy) is 1. The van der Waals surface area contributed by atoms with E-state index in [1.165, 1.54) is 11.8 Å². The fraction of sp³-hybridized carbons (Fsp3) is 0.167. The summed E-state index contributed by atoms with van der Waals surface area (Å²) in [6.07, 6.45) is 0. The Bertz CT molecular complexity index is 1410. The minimum Gasteiger partial charge on any atom is -0.494 e. The van der Waals surface area contributed by atoms with Gasteiger partial charge in [-0.2, -0.15) is 5.26 Å². The maximum atomic E-state index is 12.8. The lowest BCUT2D eigenvalue weighted by Gasteiger charge is -2.13. The Labute approximate surface area is 216 Å². The molecule has 0 radical (unpaired) electrons. The smallest absolute Gasteiger partial charge is 0.234 e. The van der Waals surface area contributed by atoms with Gasteiger partial charge in [0.05, 0.1) is 23.6 Å². The molecule has 0 saturated carbocycles. The van der Waals surface area contributed by atoms with E-state index in [2.05, 4.69) is 11.4 Å². The Morgan fingerprint density at radius 3 is 2.44 bits per heavy atom. The second-order valence-corrected chi connectivity index (χ2v) is 9.29. The molecule has 0 saturated heterocycles. The van der Waals surface area contributed by atoms with Gasteiger partial charge in [0.25, 0.3) is 0 Å². The highest BCUT2D eigenvalue weighted by atomic mass is 32.2. The molecular formula is C30H27N3O2S. The Kier molecular flexibility index (Phi) is 8.04. The number of carbonyl (C=O) groups is 1. The molecule has 0 aliphatic heterocycles. The van der Waals surface area contributed by atoms with Gasteiger partial charge < -0.3 is 10.1 Å². The average Bonchev–Trinajstić information content (AvgIpc) is 2.90. The number of nitrogens with one attached hydrogen (secondary N) is 1. The van der Waals surface area contributed by atoms with E-state index in [0.717, 1.165) is 44.9 Å². The van der Waals surface area contributed by atoms with E-state index in [1.54, 1.807) is 0 Å². The molecular weight excluding hydrogens is 466 g/mol. The van der Waals surface area contributed by atoms with Gasteiger partial charge in [0.1, 0.15) is 16.8 Å². The molecule has 180 valence electrons. The third kappa shape index (κ3) is 5.94. The van der Waals surface area contributed by atoms with Crippen LogP contribution in [-0.4, -0.2) is 23.3 Å². The van der Waals surface area contributed by atoms with E-state index in [1.807, 2.05) is 99.6 Å². The number of benzene rings is 3. The standard InChI is InChI=1S/C30H27N3O2S/c1-4-35-24-14-12-23(13-15-24)28-17-25(22-8-6-5-7-9-22)26(18-31)30(33-28)36-19-29(34)32-27-16-20(2)10-11-21(27)3/h5-17H,4,19H2,1-3H3,(H,32,34). The van der Waals surface area contributed by atoms with Crippen molar-refractivity contribution in [1.29, 1.82) is 5.26 Å². The summed E-state index contributed by atoms with van der Waals surface area (Å²) in [5.74, 6) is 0.777. The molecule has 36 heavy (non-hydrogen) atoms. The van der Waals surface area contributed by atoms with Crippen molar-refractivity contribution in [3.63, 3.8) is 0 Å². The summed E-state index contributed by atoms with van der Waals surface area (Å²) < 4.78 is 5.57. The monoisotopic (exact) mass is 493 g/mol. The zero-order valence-corrected chi connectivity index (χ0v) is 21.4. The third-order valence-electron chi connectivity index (χ3n) is 5.65. The molecule has 0 aliphatic carbocycles. The molecule has 0 fully saturated rings. The van der Waals surface area contributed by atoms with Gasteiger partial charge in [-0.05, 0) is 73.9 Å². The zero-order chi connectivity index (χ0) is 25.5. The maximum Gasteiger partial charge on any atom is 0.234 e. The van der Waals surface area contributed by atoms with Crippen LogP contribution < -0.4 is 10.1 Å². The van der Waals surface area contributed by atoms with Crippen LogP contribution in [0.3, 0.4) is 0 Å². The Balaban J connectivity index is 1.67. The molecule has 5 nitrogen and oxygen atoms in total. The Morgan fingerprint density at radius 1 is 1.00 bits per heavy atom. The molecule has 0 unspecified atom stereocenters.